The Hall–Kier alpha value is -4.48. The minimum Gasteiger partial charge on any atom is -0.465 e. The number of nitro benzene ring substituents is 1. The van der Waals surface area contributed by atoms with E-state index in [2.05, 4.69) is 4.98 Å². The Balaban J connectivity index is 1.65. The fraction of sp³-hybridized carbons (Fsp3) is 0.357. The first kappa shape index (κ1) is 33.4. The van der Waals surface area contributed by atoms with Gasteiger partial charge < -0.3 is 20.3 Å². The van der Waals surface area contributed by atoms with E-state index in [0.29, 0.717) is 10.5 Å². The van der Waals surface area contributed by atoms with Crippen LogP contribution in [0.3, 0.4) is 0 Å². The van der Waals surface area contributed by atoms with Gasteiger partial charge in [-0.3, -0.25) is 24.5 Å². The Morgan fingerprint density at radius 1 is 1.07 bits per heavy atom. The van der Waals surface area contributed by atoms with Crippen LogP contribution in [0, 0.1) is 20.2 Å². The van der Waals surface area contributed by atoms with Gasteiger partial charge in [-0.1, -0.05) is 24.3 Å². The number of nitro groups is 2. The van der Waals surface area contributed by atoms with Crippen LogP contribution in [0.5, 0.6) is 0 Å². The number of β-amino-alcohol motifs (C(OH)–C–C–N with tert-alkyl or cyclic N) is 1. The third-order valence-electron chi connectivity index (χ3n) is 7.15. The van der Waals surface area contributed by atoms with Crippen molar-refractivity contribution in [2.45, 2.75) is 54.3 Å². The van der Waals surface area contributed by atoms with Crippen LogP contribution in [0.1, 0.15) is 31.0 Å². The Morgan fingerprint density at radius 3 is 2.24 bits per heavy atom. The molecule has 2 N–H and O–H groups in total. The summed E-state index contributed by atoms with van der Waals surface area (Å²) in [4.78, 5) is 40.9. The van der Waals surface area contributed by atoms with Crippen LogP contribution in [-0.2, 0) is 12.7 Å². The molecule has 45 heavy (non-hydrogen) atoms. The van der Waals surface area contributed by atoms with Gasteiger partial charge in [0.2, 0.25) is 0 Å². The van der Waals surface area contributed by atoms with Crippen LogP contribution in [0.25, 0.3) is 0 Å². The van der Waals surface area contributed by atoms with Gasteiger partial charge in [0.25, 0.3) is 10.8 Å². The molecule has 2 aromatic carbocycles. The molecule has 17 heteroatoms. The molecule has 1 amide bonds. The fourth-order valence-electron chi connectivity index (χ4n) is 5.26. The molecular formula is C28H29F3N6O7S. The zero-order chi connectivity index (χ0) is 33.1. The SMILES string of the molecule is CC=C[C@H]1C(c2ccc(C(F)(F)F)cc2)N(CC(C)(O)Cn2cc([N+](=O)[O-])nc2Sc2ccc([N+](=O)[O-])cc2)CCN1C(=O)O. The topological polar surface area (TPSA) is 168 Å². The van der Waals surface area contributed by atoms with Gasteiger partial charge in [0.1, 0.15) is 6.20 Å². The molecule has 0 bridgehead atoms. The Kier molecular flexibility index (Phi) is 9.84. The van der Waals surface area contributed by atoms with Gasteiger partial charge in [0.05, 0.1) is 34.7 Å². The average Bonchev–Trinajstić information content (AvgIpc) is 3.34. The largest absolute Gasteiger partial charge is 0.465 e. The second kappa shape index (κ2) is 13.3. The van der Waals surface area contributed by atoms with Crippen molar-refractivity contribution in [3.05, 3.63) is 98.2 Å². The van der Waals surface area contributed by atoms with Gasteiger partial charge in [-0.25, -0.2) is 4.79 Å². The lowest BCUT2D eigenvalue weighted by atomic mass is 9.91. The van der Waals surface area contributed by atoms with Gasteiger partial charge in [-0.15, -0.1) is 0 Å². The van der Waals surface area contributed by atoms with Crippen molar-refractivity contribution in [3.63, 3.8) is 0 Å². The highest BCUT2D eigenvalue weighted by molar-refractivity contribution is 7.99. The van der Waals surface area contributed by atoms with E-state index in [9.17, 15) is 48.4 Å². The van der Waals surface area contributed by atoms with Gasteiger partial charge >= 0.3 is 18.1 Å². The number of hydrogen-bond donors (Lipinski definition) is 2. The highest BCUT2D eigenvalue weighted by atomic mass is 32.2. The van der Waals surface area contributed by atoms with Crippen LogP contribution < -0.4 is 0 Å². The number of rotatable bonds is 10. The number of non-ortho nitro benzene ring substituents is 1. The lowest BCUT2D eigenvalue weighted by Crippen LogP contribution is -2.58. The molecule has 3 aromatic rings. The minimum atomic E-state index is -4.57. The fourth-order valence-corrected chi connectivity index (χ4v) is 6.12. The average molecular weight is 651 g/mol. The first-order chi connectivity index (χ1) is 21.1. The van der Waals surface area contributed by atoms with Crippen LogP contribution in [0.2, 0.25) is 0 Å². The Bertz CT molecular complexity index is 1580. The summed E-state index contributed by atoms with van der Waals surface area (Å²) in [5.74, 6) is -0.485. The number of carbonyl (C=O) groups is 1. The normalized spacial score (nSPS) is 19.0. The van der Waals surface area contributed by atoms with Gasteiger partial charge in [-0.05, 0) is 65.3 Å². The molecule has 1 fully saturated rings. The molecule has 3 atom stereocenters. The Morgan fingerprint density at radius 2 is 1.71 bits per heavy atom. The first-order valence-electron chi connectivity index (χ1n) is 13.5. The number of allylic oxidation sites excluding steroid dienone is 1. The summed E-state index contributed by atoms with van der Waals surface area (Å²) in [6.45, 7) is 3.07. The van der Waals surface area contributed by atoms with Crippen LogP contribution in [0.4, 0.5) is 29.5 Å². The number of halogens is 3. The van der Waals surface area contributed by atoms with E-state index in [4.69, 9.17) is 0 Å². The maximum Gasteiger partial charge on any atom is 0.416 e. The summed E-state index contributed by atoms with van der Waals surface area (Å²) in [6, 6.07) is 8.33. The molecule has 4 rings (SSSR count). The number of imidazole rings is 1. The van der Waals surface area contributed by atoms with Crippen LogP contribution in [0.15, 0.2) is 76.9 Å². The molecule has 0 saturated carbocycles. The van der Waals surface area contributed by atoms with Crippen molar-refractivity contribution < 1.29 is 38.0 Å². The molecule has 0 radical (unpaired) electrons. The van der Waals surface area contributed by atoms with E-state index in [1.54, 1.807) is 24.0 Å². The Labute approximate surface area is 258 Å². The maximum absolute atomic E-state index is 13.3. The molecule has 240 valence electrons. The zero-order valence-electron chi connectivity index (χ0n) is 24.0. The number of hydrogen-bond acceptors (Lipinski definition) is 9. The molecule has 13 nitrogen and oxygen atoms in total. The maximum atomic E-state index is 13.3. The van der Waals surface area contributed by atoms with Crippen molar-refractivity contribution in [1.82, 2.24) is 19.4 Å². The standard InChI is InChI=1S/C28H29F3N6O7S/c1-3-4-22-24(18-5-7-19(8-6-18)28(29,30)31)33(13-14-35(22)26(38)39)16-27(2,40)17-34-15-23(37(43)44)32-25(34)45-21-11-9-20(10-12-21)36(41)42/h3-12,15,22,24,40H,13-14,16-17H2,1-2H3,(H,38,39)/t22-,24?,27?/m0/s1. The number of aromatic nitrogens is 2. The highest BCUT2D eigenvalue weighted by Gasteiger charge is 2.42. The van der Waals surface area contributed by atoms with Gasteiger partial charge in [-0.2, -0.15) is 13.2 Å². The predicted octanol–water partition coefficient (Wildman–Crippen LogP) is 5.60. The summed E-state index contributed by atoms with van der Waals surface area (Å²) in [6.07, 6.45) is -1.34. The molecule has 1 saturated heterocycles. The quantitative estimate of drug-likeness (QED) is 0.160. The number of benzene rings is 2. The van der Waals surface area contributed by atoms with Gasteiger partial charge in [0, 0.05) is 36.7 Å². The molecule has 1 aliphatic heterocycles. The van der Waals surface area contributed by atoms with Crippen molar-refractivity contribution in [2.75, 3.05) is 19.6 Å². The summed E-state index contributed by atoms with van der Waals surface area (Å²) in [5.41, 5.74) is -2.20. The minimum absolute atomic E-state index is 0.0509. The third-order valence-corrected chi connectivity index (χ3v) is 8.16. The second-order valence-corrected chi connectivity index (χ2v) is 11.7. The number of carboxylic acid groups (broad SMARTS) is 1. The van der Waals surface area contributed by atoms with E-state index in [-0.39, 0.29) is 37.0 Å². The molecule has 2 heterocycles. The summed E-state index contributed by atoms with van der Waals surface area (Å²) in [5, 5.41) is 44.2. The van der Waals surface area contributed by atoms with Crippen LogP contribution >= 0.6 is 11.8 Å². The molecule has 1 aliphatic rings. The summed E-state index contributed by atoms with van der Waals surface area (Å²) in [7, 11) is 0. The van der Waals surface area contributed by atoms with Gasteiger partial charge in [0.15, 0.2) is 0 Å². The van der Waals surface area contributed by atoms with E-state index < -0.39 is 51.2 Å². The number of alkyl halides is 3. The zero-order valence-corrected chi connectivity index (χ0v) is 24.8. The van der Waals surface area contributed by atoms with Crippen molar-refractivity contribution in [3.8, 4) is 0 Å². The number of aliphatic hydroxyl groups is 1. The first-order valence-corrected chi connectivity index (χ1v) is 14.3. The number of amides is 1. The molecule has 0 aliphatic carbocycles. The van der Waals surface area contributed by atoms with E-state index in [1.165, 1.54) is 52.8 Å². The van der Waals surface area contributed by atoms with Crippen molar-refractivity contribution in [1.29, 1.82) is 0 Å². The molecule has 1 aromatic heterocycles. The monoisotopic (exact) mass is 650 g/mol. The predicted molar refractivity (Wildman–Crippen MR) is 156 cm³/mol. The smallest absolute Gasteiger partial charge is 0.416 e. The lowest BCUT2D eigenvalue weighted by molar-refractivity contribution is -0.389. The second-order valence-electron chi connectivity index (χ2n) is 10.6. The molecule has 0 spiro atoms. The molecular weight excluding hydrogens is 621 g/mol. The number of piperazine rings is 1. The summed E-state index contributed by atoms with van der Waals surface area (Å²) >= 11 is 0.998. The lowest BCUT2D eigenvalue weighted by Gasteiger charge is -2.47. The third kappa shape index (κ3) is 7.98. The highest BCUT2D eigenvalue weighted by Crippen LogP contribution is 2.37. The molecule has 2 unspecified atom stereocenters. The van der Waals surface area contributed by atoms with Crippen molar-refractivity contribution >= 4 is 29.4 Å². The van der Waals surface area contributed by atoms with Crippen LogP contribution in [-0.4, -0.2) is 76.8 Å². The summed E-state index contributed by atoms with van der Waals surface area (Å²) < 4.78 is 41.2. The van der Waals surface area contributed by atoms with E-state index in [1.807, 2.05) is 0 Å². The van der Waals surface area contributed by atoms with Crippen molar-refractivity contribution in [2.24, 2.45) is 0 Å². The van der Waals surface area contributed by atoms with E-state index >= 15 is 0 Å². The van der Waals surface area contributed by atoms with E-state index in [0.717, 1.165) is 30.1 Å². The number of nitrogens with zero attached hydrogens (tertiary/aromatic N) is 6.